The lowest BCUT2D eigenvalue weighted by atomic mass is 10.3. The number of rotatable bonds is 2. The second-order valence-electron chi connectivity index (χ2n) is 3.01. The highest BCUT2D eigenvalue weighted by molar-refractivity contribution is 6.29. The summed E-state index contributed by atoms with van der Waals surface area (Å²) in [4.78, 5) is 19.4. The average Bonchev–Trinajstić information content (AvgIpc) is 2.64. The molecule has 2 heterocycles. The first-order valence-electron chi connectivity index (χ1n) is 4.45. The van der Waals surface area contributed by atoms with Crippen molar-refractivity contribution in [2.45, 2.75) is 0 Å². The van der Waals surface area contributed by atoms with Crippen LogP contribution in [-0.2, 0) is 7.05 Å². The Hall–Kier alpha value is -1.95. The fraction of sp³-hybridized carbons (Fsp3) is 0.111. The van der Waals surface area contributed by atoms with Gasteiger partial charge in [0.2, 0.25) is 5.95 Å². The maximum Gasteiger partial charge on any atom is 0.276 e. The number of amides is 1. The van der Waals surface area contributed by atoms with Crippen molar-refractivity contribution in [3.8, 4) is 0 Å². The van der Waals surface area contributed by atoms with Gasteiger partial charge in [0.05, 0.1) is 0 Å². The zero-order valence-corrected chi connectivity index (χ0v) is 9.14. The molecule has 2 aromatic rings. The third kappa shape index (κ3) is 2.17. The van der Waals surface area contributed by atoms with Crippen LogP contribution >= 0.6 is 11.6 Å². The molecule has 2 rings (SSSR count). The van der Waals surface area contributed by atoms with Gasteiger partial charge in [-0.15, -0.1) is 0 Å². The quantitative estimate of drug-likeness (QED) is 0.795. The molecule has 0 saturated heterocycles. The molecule has 0 spiro atoms. The van der Waals surface area contributed by atoms with E-state index in [0.29, 0.717) is 5.95 Å². The standard InChI is InChI=1S/C9H8ClN5O/c1-15-9(11-5-12-15)14-8(16)6-3-2-4-7(10)13-6/h2-5H,1H3,(H,11,12,14,16). The van der Waals surface area contributed by atoms with Gasteiger partial charge in [-0.2, -0.15) is 10.1 Å². The van der Waals surface area contributed by atoms with E-state index < -0.39 is 0 Å². The summed E-state index contributed by atoms with van der Waals surface area (Å²) in [5, 5.41) is 6.66. The Bertz CT molecular complexity index is 524. The molecule has 0 fully saturated rings. The lowest BCUT2D eigenvalue weighted by Gasteiger charge is -2.02. The molecule has 0 atom stereocenters. The fourth-order valence-corrected chi connectivity index (χ4v) is 1.27. The highest BCUT2D eigenvalue weighted by Crippen LogP contribution is 2.07. The fourth-order valence-electron chi connectivity index (χ4n) is 1.11. The Morgan fingerprint density at radius 3 is 2.94 bits per heavy atom. The van der Waals surface area contributed by atoms with E-state index in [2.05, 4.69) is 20.4 Å². The van der Waals surface area contributed by atoms with E-state index in [1.807, 2.05) is 0 Å². The zero-order valence-electron chi connectivity index (χ0n) is 8.38. The number of aromatic nitrogens is 4. The second kappa shape index (κ2) is 4.28. The van der Waals surface area contributed by atoms with Crippen LogP contribution in [0.25, 0.3) is 0 Å². The largest absolute Gasteiger partial charge is 0.289 e. The normalized spacial score (nSPS) is 10.1. The van der Waals surface area contributed by atoms with Crippen molar-refractivity contribution < 1.29 is 4.79 Å². The summed E-state index contributed by atoms with van der Waals surface area (Å²) in [6.07, 6.45) is 1.35. The van der Waals surface area contributed by atoms with Gasteiger partial charge in [-0.25, -0.2) is 9.67 Å². The zero-order chi connectivity index (χ0) is 11.5. The number of nitrogens with one attached hydrogen (secondary N) is 1. The summed E-state index contributed by atoms with van der Waals surface area (Å²) < 4.78 is 1.45. The van der Waals surface area contributed by atoms with Crippen LogP contribution in [0.15, 0.2) is 24.5 Å². The van der Waals surface area contributed by atoms with E-state index in [1.165, 1.54) is 11.0 Å². The predicted octanol–water partition coefficient (Wildman–Crippen LogP) is 1.12. The molecule has 6 nitrogen and oxygen atoms in total. The van der Waals surface area contributed by atoms with Crippen LogP contribution in [0.2, 0.25) is 5.15 Å². The van der Waals surface area contributed by atoms with Gasteiger partial charge in [-0.1, -0.05) is 17.7 Å². The summed E-state index contributed by atoms with van der Waals surface area (Å²) in [6, 6.07) is 4.82. The number of aryl methyl sites for hydroxylation is 1. The Kier molecular flexibility index (Phi) is 2.82. The first kappa shape index (κ1) is 10.6. The van der Waals surface area contributed by atoms with Crippen molar-refractivity contribution in [3.05, 3.63) is 35.4 Å². The second-order valence-corrected chi connectivity index (χ2v) is 3.39. The molecule has 0 saturated carbocycles. The summed E-state index contributed by atoms with van der Waals surface area (Å²) in [6.45, 7) is 0. The maximum atomic E-state index is 11.7. The molecule has 1 amide bonds. The molecule has 0 aliphatic rings. The van der Waals surface area contributed by atoms with Gasteiger partial charge < -0.3 is 0 Å². The molecule has 0 aromatic carbocycles. The van der Waals surface area contributed by atoms with Gasteiger partial charge in [-0.05, 0) is 12.1 Å². The van der Waals surface area contributed by atoms with E-state index in [1.54, 1.807) is 25.2 Å². The molecule has 0 aliphatic heterocycles. The summed E-state index contributed by atoms with van der Waals surface area (Å²) in [5.74, 6) is -0.0228. The highest BCUT2D eigenvalue weighted by atomic mass is 35.5. The van der Waals surface area contributed by atoms with Crippen LogP contribution in [0.1, 0.15) is 10.5 Å². The number of carbonyl (C=O) groups is 1. The highest BCUT2D eigenvalue weighted by Gasteiger charge is 2.10. The maximum absolute atomic E-state index is 11.7. The van der Waals surface area contributed by atoms with Crippen molar-refractivity contribution in [2.75, 3.05) is 5.32 Å². The van der Waals surface area contributed by atoms with Crippen molar-refractivity contribution >= 4 is 23.5 Å². The molecule has 0 radical (unpaired) electrons. The van der Waals surface area contributed by atoms with Crippen molar-refractivity contribution in [1.29, 1.82) is 0 Å². The van der Waals surface area contributed by atoms with Gasteiger partial charge in [0.1, 0.15) is 17.2 Å². The first-order valence-corrected chi connectivity index (χ1v) is 4.82. The van der Waals surface area contributed by atoms with Crippen molar-refractivity contribution in [2.24, 2.45) is 7.05 Å². The van der Waals surface area contributed by atoms with Crippen LogP contribution in [0.3, 0.4) is 0 Å². The number of carbonyl (C=O) groups excluding carboxylic acids is 1. The predicted molar refractivity (Wildman–Crippen MR) is 58.2 cm³/mol. The third-order valence-corrected chi connectivity index (χ3v) is 2.09. The van der Waals surface area contributed by atoms with Gasteiger partial charge in [0, 0.05) is 7.05 Å². The minimum atomic E-state index is -0.376. The molecular formula is C9H8ClN5O. The van der Waals surface area contributed by atoms with E-state index >= 15 is 0 Å². The number of hydrogen-bond donors (Lipinski definition) is 1. The monoisotopic (exact) mass is 237 g/mol. The molecule has 16 heavy (non-hydrogen) atoms. The third-order valence-electron chi connectivity index (χ3n) is 1.88. The smallest absolute Gasteiger partial charge is 0.276 e. The van der Waals surface area contributed by atoms with Crippen molar-refractivity contribution in [3.63, 3.8) is 0 Å². The minimum Gasteiger partial charge on any atom is -0.289 e. The van der Waals surface area contributed by atoms with E-state index in [4.69, 9.17) is 11.6 Å². The molecule has 0 bridgehead atoms. The number of pyridine rings is 1. The Morgan fingerprint density at radius 2 is 2.31 bits per heavy atom. The molecule has 0 unspecified atom stereocenters. The molecule has 1 N–H and O–H groups in total. The molecule has 0 aliphatic carbocycles. The van der Waals surface area contributed by atoms with Crippen LogP contribution in [-0.4, -0.2) is 25.7 Å². The summed E-state index contributed by atoms with van der Waals surface area (Å²) in [5.41, 5.74) is 0.232. The van der Waals surface area contributed by atoms with E-state index in [9.17, 15) is 4.79 Å². The number of nitrogens with zero attached hydrogens (tertiary/aromatic N) is 4. The molecule has 82 valence electrons. The molecule has 7 heteroatoms. The van der Waals surface area contributed by atoms with Crippen LogP contribution < -0.4 is 5.32 Å². The Morgan fingerprint density at radius 1 is 1.50 bits per heavy atom. The molecule has 2 aromatic heterocycles. The van der Waals surface area contributed by atoms with Gasteiger partial charge in [-0.3, -0.25) is 10.1 Å². The summed E-state index contributed by atoms with van der Waals surface area (Å²) in [7, 11) is 1.67. The number of anilines is 1. The van der Waals surface area contributed by atoms with Gasteiger partial charge in [0.15, 0.2) is 0 Å². The van der Waals surface area contributed by atoms with Crippen LogP contribution in [0, 0.1) is 0 Å². The number of halogens is 1. The van der Waals surface area contributed by atoms with Gasteiger partial charge in [0.25, 0.3) is 5.91 Å². The lowest BCUT2D eigenvalue weighted by molar-refractivity contribution is 0.102. The summed E-state index contributed by atoms with van der Waals surface area (Å²) >= 11 is 5.68. The topological polar surface area (TPSA) is 72.7 Å². The first-order chi connectivity index (χ1) is 7.66. The molecular weight excluding hydrogens is 230 g/mol. The van der Waals surface area contributed by atoms with E-state index in [-0.39, 0.29) is 16.8 Å². The minimum absolute atomic E-state index is 0.232. The van der Waals surface area contributed by atoms with Crippen LogP contribution in [0.4, 0.5) is 5.95 Å². The van der Waals surface area contributed by atoms with E-state index in [0.717, 1.165) is 0 Å². The average molecular weight is 238 g/mol. The SMILES string of the molecule is Cn1ncnc1NC(=O)c1cccc(Cl)n1. The lowest BCUT2D eigenvalue weighted by Crippen LogP contribution is -2.16. The van der Waals surface area contributed by atoms with Crippen LogP contribution in [0.5, 0.6) is 0 Å². The Labute approximate surface area is 96.3 Å². The van der Waals surface area contributed by atoms with Crippen molar-refractivity contribution in [1.82, 2.24) is 19.7 Å². The Balaban J connectivity index is 2.18. The number of hydrogen-bond acceptors (Lipinski definition) is 4. The van der Waals surface area contributed by atoms with Gasteiger partial charge >= 0.3 is 0 Å².